The Labute approximate surface area is 139 Å². The molecule has 0 aromatic heterocycles. The van der Waals surface area contributed by atoms with Crippen molar-refractivity contribution in [3.8, 4) is 6.07 Å². The van der Waals surface area contributed by atoms with Gasteiger partial charge in [-0.25, -0.2) is 0 Å². The van der Waals surface area contributed by atoms with Gasteiger partial charge in [0, 0.05) is 6.04 Å². The summed E-state index contributed by atoms with van der Waals surface area (Å²) in [6.45, 7) is 1.89. The van der Waals surface area contributed by atoms with Gasteiger partial charge in [0.25, 0.3) is 0 Å². The summed E-state index contributed by atoms with van der Waals surface area (Å²) in [5, 5.41) is 11.8. The monoisotopic (exact) mass is 313 g/mol. The van der Waals surface area contributed by atoms with Crippen molar-refractivity contribution in [2.24, 2.45) is 0 Å². The number of benzene rings is 1. The van der Waals surface area contributed by atoms with E-state index in [-0.39, 0.29) is 11.9 Å². The van der Waals surface area contributed by atoms with E-state index < -0.39 is 5.54 Å². The second-order valence-corrected chi connectivity index (χ2v) is 6.85. The fraction of sp³-hybridized carbons (Fsp3) is 0.579. The second-order valence-electron chi connectivity index (χ2n) is 6.85. The van der Waals surface area contributed by atoms with E-state index in [1.807, 2.05) is 27.1 Å². The van der Waals surface area contributed by atoms with Crippen molar-refractivity contribution < 1.29 is 4.79 Å². The van der Waals surface area contributed by atoms with Crippen LogP contribution in [0, 0.1) is 11.3 Å². The summed E-state index contributed by atoms with van der Waals surface area (Å²) in [5.41, 5.74) is 0.924. The van der Waals surface area contributed by atoms with Crippen LogP contribution in [0.1, 0.15) is 50.5 Å². The number of amides is 1. The van der Waals surface area contributed by atoms with Crippen LogP contribution in [0.5, 0.6) is 0 Å². The van der Waals surface area contributed by atoms with Gasteiger partial charge in [0.15, 0.2) is 0 Å². The average molecular weight is 313 g/mol. The van der Waals surface area contributed by atoms with Gasteiger partial charge in [-0.1, -0.05) is 30.3 Å². The maximum absolute atomic E-state index is 12.8. The van der Waals surface area contributed by atoms with E-state index in [4.69, 9.17) is 5.26 Å². The summed E-state index contributed by atoms with van der Waals surface area (Å²) in [4.78, 5) is 14.9. The Balaban J connectivity index is 2.06. The Morgan fingerprint density at radius 1 is 1.35 bits per heavy atom. The van der Waals surface area contributed by atoms with E-state index in [1.165, 1.54) is 5.56 Å². The van der Waals surface area contributed by atoms with Gasteiger partial charge in [0.2, 0.25) is 5.91 Å². The summed E-state index contributed by atoms with van der Waals surface area (Å²) in [6.07, 6.45) is 4.09. The van der Waals surface area contributed by atoms with Gasteiger partial charge in [0.1, 0.15) is 0 Å². The minimum Gasteiger partial charge on any atom is -0.351 e. The molecule has 0 saturated heterocycles. The molecule has 1 aliphatic rings. The lowest BCUT2D eigenvalue weighted by atomic mass is 9.73. The molecule has 0 aliphatic heterocycles. The van der Waals surface area contributed by atoms with Gasteiger partial charge in [-0.15, -0.1) is 0 Å². The summed E-state index contributed by atoms with van der Waals surface area (Å²) < 4.78 is 0. The minimum atomic E-state index is -0.449. The van der Waals surface area contributed by atoms with Crippen LogP contribution in [0.25, 0.3) is 0 Å². The van der Waals surface area contributed by atoms with E-state index in [9.17, 15) is 4.79 Å². The number of hydrogen-bond acceptors (Lipinski definition) is 3. The Bertz CT molecular complexity index is 554. The highest BCUT2D eigenvalue weighted by Gasteiger charge is 2.44. The van der Waals surface area contributed by atoms with Crippen molar-refractivity contribution in [1.29, 1.82) is 5.26 Å². The first-order chi connectivity index (χ1) is 11.0. The Kier molecular flexibility index (Phi) is 5.79. The van der Waals surface area contributed by atoms with E-state index in [0.29, 0.717) is 12.3 Å². The molecule has 0 spiro atoms. The minimum absolute atomic E-state index is 0.0664. The smallest absolute Gasteiger partial charge is 0.240 e. The van der Waals surface area contributed by atoms with Crippen LogP contribution in [0.2, 0.25) is 0 Å². The van der Waals surface area contributed by atoms with Crippen LogP contribution in [-0.2, 0) is 4.79 Å². The quantitative estimate of drug-likeness (QED) is 0.909. The number of hydrogen-bond donors (Lipinski definition) is 1. The van der Waals surface area contributed by atoms with Gasteiger partial charge < -0.3 is 5.32 Å². The summed E-state index contributed by atoms with van der Waals surface area (Å²) in [5.74, 6) is 0.602. The number of nitrogens with one attached hydrogen (secondary N) is 1. The van der Waals surface area contributed by atoms with Crippen LogP contribution >= 0.6 is 0 Å². The number of nitriles is 1. The number of carbonyl (C=O) groups is 1. The highest BCUT2D eigenvalue weighted by atomic mass is 16.2. The first kappa shape index (κ1) is 17.5. The molecule has 1 amide bonds. The highest BCUT2D eigenvalue weighted by Crippen LogP contribution is 2.40. The molecule has 23 heavy (non-hydrogen) atoms. The lowest BCUT2D eigenvalue weighted by Gasteiger charge is -2.44. The zero-order valence-corrected chi connectivity index (χ0v) is 14.4. The molecule has 0 heterocycles. The fourth-order valence-electron chi connectivity index (χ4n) is 3.58. The molecule has 1 atom stereocenters. The molecule has 0 radical (unpaired) electrons. The maximum Gasteiger partial charge on any atom is 0.240 e. The van der Waals surface area contributed by atoms with Crippen LogP contribution in [-0.4, -0.2) is 36.5 Å². The van der Waals surface area contributed by atoms with Crippen molar-refractivity contribution in [2.45, 2.75) is 56.5 Å². The zero-order chi connectivity index (χ0) is 16.9. The van der Waals surface area contributed by atoms with E-state index in [1.54, 1.807) is 0 Å². The summed E-state index contributed by atoms with van der Waals surface area (Å²) in [6, 6.07) is 12.6. The SMILES string of the molecule is CC(CC#N)NC(=O)C1(N(C)C)CCC(c2ccccc2)CC1. The highest BCUT2D eigenvalue weighted by molar-refractivity contribution is 5.86. The number of carbonyl (C=O) groups excluding carboxylic acids is 1. The van der Waals surface area contributed by atoms with Crippen molar-refractivity contribution in [3.63, 3.8) is 0 Å². The first-order valence-corrected chi connectivity index (χ1v) is 8.40. The zero-order valence-electron chi connectivity index (χ0n) is 14.4. The molecule has 124 valence electrons. The lowest BCUT2D eigenvalue weighted by Crippen LogP contribution is -2.59. The van der Waals surface area contributed by atoms with Gasteiger partial charge in [-0.2, -0.15) is 5.26 Å². The number of rotatable bonds is 5. The predicted molar refractivity (Wildman–Crippen MR) is 91.9 cm³/mol. The molecule has 1 fully saturated rings. The molecule has 1 N–H and O–H groups in total. The van der Waals surface area contributed by atoms with Crippen molar-refractivity contribution in [1.82, 2.24) is 10.2 Å². The Morgan fingerprint density at radius 3 is 2.48 bits per heavy atom. The molecule has 4 nitrogen and oxygen atoms in total. The molecular weight excluding hydrogens is 286 g/mol. The summed E-state index contributed by atoms with van der Waals surface area (Å²) in [7, 11) is 3.97. The lowest BCUT2D eigenvalue weighted by molar-refractivity contribution is -0.135. The van der Waals surface area contributed by atoms with Crippen LogP contribution in [0.3, 0.4) is 0 Å². The summed E-state index contributed by atoms with van der Waals surface area (Å²) >= 11 is 0. The topological polar surface area (TPSA) is 56.1 Å². The Hall–Kier alpha value is -1.86. The van der Waals surface area contributed by atoms with Crippen molar-refractivity contribution >= 4 is 5.91 Å². The Morgan fingerprint density at radius 2 is 1.96 bits per heavy atom. The second kappa shape index (κ2) is 7.61. The van der Waals surface area contributed by atoms with E-state index in [0.717, 1.165) is 25.7 Å². The number of nitrogens with zero attached hydrogens (tertiary/aromatic N) is 2. The standard InChI is InChI=1S/C19H27N3O/c1-15(11-14-20)21-18(23)19(22(2)3)12-9-17(10-13-19)16-7-5-4-6-8-16/h4-8,15,17H,9-13H2,1-3H3,(H,21,23). The first-order valence-electron chi connectivity index (χ1n) is 8.40. The van der Waals surface area contributed by atoms with E-state index >= 15 is 0 Å². The van der Waals surface area contributed by atoms with Crippen LogP contribution in [0.15, 0.2) is 30.3 Å². The normalized spacial score (nSPS) is 25.6. The molecule has 1 aliphatic carbocycles. The molecule has 2 rings (SSSR count). The van der Waals surface area contributed by atoms with Crippen molar-refractivity contribution in [3.05, 3.63) is 35.9 Å². The third-order valence-corrected chi connectivity index (χ3v) is 5.14. The molecule has 4 heteroatoms. The average Bonchev–Trinajstić information content (AvgIpc) is 2.55. The van der Waals surface area contributed by atoms with Crippen LogP contribution in [0.4, 0.5) is 0 Å². The van der Waals surface area contributed by atoms with Gasteiger partial charge in [-0.05, 0) is 58.2 Å². The molecular formula is C19H27N3O. The largest absolute Gasteiger partial charge is 0.351 e. The van der Waals surface area contributed by atoms with Gasteiger partial charge in [0.05, 0.1) is 18.0 Å². The van der Waals surface area contributed by atoms with Gasteiger partial charge >= 0.3 is 0 Å². The molecule has 1 aromatic rings. The third-order valence-electron chi connectivity index (χ3n) is 5.14. The molecule has 1 unspecified atom stereocenters. The molecule has 0 bridgehead atoms. The van der Waals surface area contributed by atoms with Gasteiger partial charge in [-0.3, -0.25) is 9.69 Å². The molecule has 1 saturated carbocycles. The predicted octanol–water partition coefficient (Wildman–Crippen LogP) is 3.06. The van der Waals surface area contributed by atoms with E-state index in [2.05, 4.69) is 40.6 Å². The number of likely N-dealkylation sites (N-methyl/N-ethyl adjacent to an activating group) is 1. The van der Waals surface area contributed by atoms with Crippen LogP contribution < -0.4 is 5.32 Å². The molecule has 1 aromatic carbocycles. The third kappa shape index (κ3) is 3.92. The fourth-order valence-corrected chi connectivity index (χ4v) is 3.58. The van der Waals surface area contributed by atoms with Crippen molar-refractivity contribution in [2.75, 3.05) is 14.1 Å². The maximum atomic E-state index is 12.8.